The number of rotatable bonds is 3. The maximum Gasteiger partial charge on any atom is 0.322 e. The number of amides is 1. The summed E-state index contributed by atoms with van der Waals surface area (Å²) >= 11 is 0. The van der Waals surface area contributed by atoms with Gasteiger partial charge in [0.1, 0.15) is 6.54 Å². The largest absolute Gasteiger partial charge is 0.505 e. The van der Waals surface area contributed by atoms with Crippen molar-refractivity contribution in [1.29, 1.82) is 0 Å². The van der Waals surface area contributed by atoms with Crippen molar-refractivity contribution in [3.8, 4) is 5.75 Å². The molecule has 112 valence electrons. The number of carboxylic acid groups (broad SMARTS) is 1. The van der Waals surface area contributed by atoms with Crippen LogP contribution < -0.4 is 5.32 Å². The molecule has 1 amide bonds. The molecule has 0 atom stereocenters. The molecule has 2 aromatic heterocycles. The van der Waals surface area contributed by atoms with Gasteiger partial charge in [-0.1, -0.05) is 18.2 Å². The Morgan fingerprint density at radius 1 is 1.27 bits per heavy atom. The van der Waals surface area contributed by atoms with E-state index in [-0.39, 0.29) is 11.4 Å². The number of carbonyl (C=O) groups excluding carboxylic acids is 1. The zero-order valence-electron chi connectivity index (χ0n) is 11.7. The fourth-order valence-corrected chi connectivity index (χ4v) is 2.52. The van der Waals surface area contributed by atoms with Crippen LogP contribution in [0.3, 0.4) is 0 Å². The van der Waals surface area contributed by atoms with E-state index < -0.39 is 18.4 Å². The van der Waals surface area contributed by atoms with Gasteiger partial charge in [0.05, 0.1) is 17.1 Å². The lowest BCUT2D eigenvalue weighted by Crippen LogP contribution is -2.29. The Hall–Kier alpha value is -3.09. The number of para-hydroxylation sites is 1. The standard InChI is InChI=1S/C15H13N3O4/c1-18-9-5-3-2-4-8(9)12-10(18)6-16-13(14(12)21)15(22)17-7-11(19)20/h2-6,21H,7H2,1H3,(H,17,22)(H,19,20). The molecule has 3 N–H and O–H groups in total. The molecule has 0 fully saturated rings. The number of aliphatic carboxylic acids is 1. The third-order valence-electron chi connectivity index (χ3n) is 3.54. The number of nitrogens with zero attached hydrogens (tertiary/aromatic N) is 2. The molecule has 0 saturated heterocycles. The number of carbonyl (C=O) groups is 2. The van der Waals surface area contributed by atoms with Crippen LogP contribution in [0.2, 0.25) is 0 Å². The lowest BCUT2D eigenvalue weighted by molar-refractivity contribution is -0.135. The number of aromatic nitrogens is 2. The molecule has 0 bridgehead atoms. The summed E-state index contributed by atoms with van der Waals surface area (Å²) in [5, 5.41) is 22.5. The molecule has 3 aromatic rings. The van der Waals surface area contributed by atoms with Crippen LogP contribution in [-0.4, -0.2) is 38.2 Å². The molecule has 0 unspecified atom stereocenters. The Morgan fingerprint density at radius 3 is 2.73 bits per heavy atom. The second-order valence-electron chi connectivity index (χ2n) is 4.87. The first kappa shape index (κ1) is 13.9. The molecule has 3 rings (SSSR count). The minimum absolute atomic E-state index is 0.190. The van der Waals surface area contributed by atoms with Gasteiger partial charge in [0.15, 0.2) is 11.4 Å². The normalized spacial score (nSPS) is 11.0. The smallest absolute Gasteiger partial charge is 0.322 e. The summed E-state index contributed by atoms with van der Waals surface area (Å²) in [5.74, 6) is -2.15. The molecule has 22 heavy (non-hydrogen) atoms. The van der Waals surface area contributed by atoms with E-state index in [0.717, 1.165) is 10.9 Å². The van der Waals surface area contributed by atoms with E-state index >= 15 is 0 Å². The number of aromatic hydroxyl groups is 1. The van der Waals surface area contributed by atoms with Gasteiger partial charge in [-0.05, 0) is 6.07 Å². The highest BCUT2D eigenvalue weighted by Crippen LogP contribution is 2.35. The molecule has 0 radical (unpaired) electrons. The minimum Gasteiger partial charge on any atom is -0.505 e. The highest BCUT2D eigenvalue weighted by molar-refractivity contribution is 6.13. The average Bonchev–Trinajstić information content (AvgIpc) is 2.79. The molecular weight excluding hydrogens is 286 g/mol. The SMILES string of the molecule is Cn1c2ccccc2c2c(O)c(C(=O)NCC(=O)O)ncc21. The topological polar surface area (TPSA) is 104 Å². The van der Waals surface area contributed by atoms with Crippen molar-refractivity contribution in [1.82, 2.24) is 14.9 Å². The van der Waals surface area contributed by atoms with Crippen LogP contribution in [0.4, 0.5) is 0 Å². The molecule has 7 heteroatoms. The molecule has 0 aliphatic heterocycles. The Kier molecular flexibility index (Phi) is 3.17. The maximum absolute atomic E-state index is 12.0. The number of hydrogen-bond acceptors (Lipinski definition) is 4. The zero-order valence-corrected chi connectivity index (χ0v) is 11.7. The average molecular weight is 299 g/mol. The Bertz CT molecular complexity index is 914. The van der Waals surface area contributed by atoms with Crippen molar-refractivity contribution in [2.45, 2.75) is 0 Å². The maximum atomic E-state index is 12.0. The van der Waals surface area contributed by atoms with E-state index in [4.69, 9.17) is 5.11 Å². The van der Waals surface area contributed by atoms with Crippen LogP contribution >= 0.6 is 0 Å². The van der Waals surface area contributed by atoms with Crippen molar-refractivity contribution < 1.29 is 19.8 Å². The molecule has 0 aliphatic rings. The number of pyridine rings is 1. The molecular formula is C15H13N3O4. The third-order valence-corrected chi connectivity index (χ3v) is 3.54. The van der Waals surface area contributed by atoms with Gasteiger partial charge in [0.2, 0.25) is 0 Å². The molecule has 7 nitrogen and oxygen atoms in total. The number of hydrogen-bond donors (Lipinski definition) is 3. The van der Waals surface area contributed by atoms with Crippen LogP contribution in [0.15, 0.2) is 30.5 Å². The summed E-state index contributed by atoms with van der Waals surface area (Å²) in [7, 11) is 1.84. The summed E-state index contributed by atoms with van der Waals surface area (Å²) in [4.78, 5) is 26.4. The van der Waals surface area contributed by atoms with Gasteiger partial charge >= 0.3 is 5.97 Å². The van der Waals surface area contributed by atoms with E-state index in [9.17, 15) is 14.7 Å². The van der Waals surface area contributed by atoms with Gasteiger partial charge in [0, 0.05) is 18.0 Å². The number of nitrogens with one attached hydrogen (secondary N) is 1. The van der Waals surface area contributed by atoms with E-state index in [1.54, 1.807) is 0 Å². The van der Waals surface area contributed by atoms with Gasteiger partial charge in [-0.25, -0.2) is 4.98 Å². The molecule has 0 spiro atoms. The van der Waals surface area contributed by atoms with Crippen LogP contribution in [0.5, 0.6) is 5.75 Å². The second-order valence-corrected chi connectivity index (χ2v) is 4.87. The highest BCUT2D eigenvalue weighted by Gasteiger charge is 2.20. The summed E-state index contributed by atoms with van der Waals surface area (Å²) in [6.07, 6.45) is 1.49. The van der Waals surface area contributed by atoms with Crippen LogP contribution in [0, 0.1) is 0 Å². The zero-order chi connectivity index (χ0) is 15.9. The number of aryl methyl sites for hydroxylation is 1. The molecule has 1 aromatic carbocycles. The van der Waals surface area contributed by atoms with Gasteiger partial charge in [-0.15, -0.1) is 0 Å². The molecule has 2 heterocycles. The Balaban J connectivity index is 2.19. The first-order valence-corrected chi connectivity index (χ1v) is 6.55. The van der Waals surface area contributed by atoms with Gasteiger partial charge < -0.3 is 20.1 Å². The van der Waals surface area contributed by atoms with E-state index in [1.807, 2.05) is 35.9 Å². The number of fused-ring (bicyclic) bond motifs is 3. The first-order chi connectivity index (χ1) is 10.5. The quantitative estimate of drug-likeness (QED) is 0.675. The summed E-state index contributed by atoms with van der Waals surface area (Å²) < 4.78 is 1.87. The Labute approximate surface area is 124 Å². The van der Waals surface area contributed by atoms with E-state index in [2.05, 4.69) is 10.3 Å². The van der Waals surface area contributed by atoms with Crippen LogP contribution in [0.25, 0.3) is 21.8 Å². The third kappa shape index (κ3) is 2.03. The van der Waals surface area contributed by atoms with Crippen molar-refractivity contribution in [2.75, 3.05) is 6.54 Å². The van der Waals surface area contributed by atoms with Crippen LogP contribution in [0.1, 0.15) is 10.5 Å². The van der Waals surface area contributed by atoms with Gasteiger partial charge in [0.25, 0.3) is 5.91 Å². The predicted octanol–water partition coefficient (Wildman–Crippen LogP) is 1.25. The fraction of sp³-hybridized carbons (Fsp3) is 0.133. The van der Waals surface area contributed by atoms with Gasteiger partial charge in [-0.3, -0.25) is 9.59 Å². The fourth-order valence-electron chi connectivity index (χ4n) is 2.52. The predicted molar refractivity (Wildman–Crippen MR) is 79.9 cm³/mol. The summed E-state index contributed by atoms with van der Waals surface area (Å²) in [6.45, 7) is -0.534. The van der Waals surface area contributed by atoms with Crippen molar-refractivity contribution in [2.24, 2.45) is 7.05 Å². The summed E-state index contributed by atoms with van der Waals surface area (Å²) in [5.41, 5.74) is 1.40. The number of benzene rings is 1. The van der Waals surface area contributed by atoms with E-state index in [1.165, 1.54) is 6.20 Å². The minimum atomic E-state index is -1.17. The number of carboxylic acids is 1. The lowest BCUT2D eigenvalue weighted by Gasteiger charge is -2.05. The lowest BCUT2D eigenvalue weighted by atomic mass is 10.1. The highest BCUT2D eigenvalue weighted by atomic mass is 16.4. The van der Waals surface area contributed by atoms with Crippen molar-refractivity contribution >= 4 is 33.7 Å². The van der Waals surface area contributed by atoms with E-state index in [0.29, 0.717) is 10.9 Å². The molecule has 0 aliphatic carbocycles. The molecule has 0 saturated carbocycles. The van der Waals surface area contributed by atoms with Crippen molar-refractivity contribution in [3.05, 3.63) is 36.2 Å². The second kappa shape index (κ2) is 5.03. The van der Waals surface area contributed by atoms with Crippen LogP contribution in [-0.2, 0) is 11.8 Å². The Morgan fingerprint density at radius 2 is 2.00 bits per heavy atom. The summed E-state index contributed by atoms with van der Waals surface area (Å²) in [6, 6.07) is 7.47. The first-order valence-electron chi connectivity index (χ1n) is 6.55. The monoisotopic (exact) mass is 299 g/mol. The van der Waals surface area contributed by atoms with Gasteiger partial charge in [-0.2, -0.15) is 0 Å². The van der Waals surface area contributed by atoms with Crippen molar-refractivity contribution in [3.63, 3.8) is 0 Å².